The maximum absolute atomic E-state index is 7.89. The summed E-state index contributed by atoms with van der Waals surface area (Å²) in [5.41, 5.74) is 46.3. The molecule has 0 N–H and O–H groups in total. The average Bonchev–Trinajstić information content (AvgIpc) is 1.50. The van der Waals surface area contributed by atoms with Crippen molar-refractivity contribution in [2.45, 2.75) is 62.2 Å². The highest BCUT2D eigenvalue weighted by molar-refractivity contribution is 8.00. The molecule has 3 aromatic heterocycles. The molecule has 24 rings (SSSR count). The van der Waals surface area contributed by atoms with Gasteiger partial charge in [0.2, 0.25) is 6.71 Å². The summed E-state index contributed by atoms with van der Waals surface area (Å²) in [5.74, 6) is 3.13. The lowest BCUT2D eigenvalue weighted by Crippen LogP contribution is -2.59. The van der Waals surface area contributed by atoms with Crippen molar-refractivity contribution in [3.63, 3.8) is 0 Å². The Kier molecular flexibility index (Phi) is 18.0. The normalized spacial score (nSPS) is 13.0. The Balaban J connectivity index is 0.806. The van der Waals surface area contributed by atoms with Crippen LogP contribution in [0.2, 0.25) is 0 Å². The van der Waals surface area contributed by atoms with Crippen molar-refractivity contribution < 1.29 is 13.9 Å². The van der Waals surface area contributed by atoms with E-state index >= 15 is 0 Å². The van der Waals surface area contributed by atoms with E-state index in [2.05, 4.69) is 434 Å². The third-order valence-corrected chi connectivity index (χ3v) is 30.4. The topological polar surface area (TPSA) is 44.7 Å². The fourth-order valence-corrected chi connectivity index (χ4v) is 23.2. The number of fused-ring (bicyclic) bond motifs is 15. The van der Waals surface area contributed by atoms with Crippen molar-refractivity contribution in [2.24, 2.45) is 0 Å². The zero-order chi connectivity index (χ0) is 87.6. The van der Waals surface area contributed by atoms with Gasteiger partial charge in [0.25, 0.3) is 6.71 Å². The molecule has 0 amide bonds. The number of para-hydroxylation sites is 1. The molecule has 0 aliphatic carbocycles. The number of rotatable bonds is 10. The van der Waals surface area contributed by atoms with E-state index in [9.17, 15) is 0 Å². The van der Waals surface area contributed by atoms with Crippen molar-refractivity contribution in [2.75, 3.05) is 4.90 Å². The van der Waals surface area contributed by atoms with Crippen molar-refractivity contribution >= 4 is 236 Å². The first-order chi connectivity index (χ1) is 62.6. The first kappa shape index (κ1) is 78.7. The molecule has 0 radical (unpaired) electrons. The lowest BCUT2D eigenvalue weighted by molar-refractivity contribution is 0.466. The van der Waals surface area contributed by atoms with Gasteiger partial charge in [0.15, 0.2) is 0 Å². The first-order valence-electron chi connectivity index (χ1n) is 45.4. The molecule has 20 aromatic rings. The summed E-state index contributed by atoms with van der Waals surface area (Å²) in [4.78, 5) is 5.04. The van der Waals surface area contributed by atoms with Gasteiger partial charge in [0.1, 0.15) is 91.4 Å². The predicted octanol–water partition coefficient (Wildman–Crippen LogP) is 12.4. The van der Waals surface area contributed by atoms with Gasteiger partial charge in [-0.1, -0.05) is 298 Å². The van der Waals surface area contributed by atoms with E-state index in [-0.39, 0.29) is 24.3 Å². The van der Waals surface area contributed by atoms with E-state index in [1.165, 1.54) is 125 Å². The van der Waals surface area contributed by atoms with E-state index in [1.807, 2.05) is 18.0 Å². The van der Waals surface area contributed by atoms with Crippen LogP contribution < -0.4 is 90.9 Å². The largest absolute Gasteiger partial charge is 0.464 e. The highest BCUT2D eigenvalue weighted by atomic mass is 32.2. The lowest BCUT2D eigenvalue weighted by atomic mass is 9.34. The standard InChI is InChI=1S/C112H87B10N3O3S/c1-111(2,3)69-37-43-85-77(54-69)78-55-70(112(4,5)6)38-44-86(78)123(85)72-40-42-83-93(57-72)129-94-53-68(76-58-92-107-110(95(76)75-32-20-19-31-74(75)62-27-15-9-16-28-62)128-90-34-22-21-33-82(90)122(107)84-51-65(36-46-91(84)127-92)64-35-45-89-79(50-64)80(59-126-89)63-29-17-10-18-30-63)52-88-106(94)121(83)81-41-39-71(125-108-96(98(113)100(115)102(117)104(108)119)97-99(114)101(116)103(118)105(120)109(97)125)56-87(81)124(88)73-48-66(60-23-11-7-12-24-60)47-67(49-73)61-25-13-8-14-26-61/h7-59H,113-120H2,1-6H3. The molecule has 129 heavy (non-hydrogen) atoms. The Hall–Kier alpha value is -13.7. The number of anilines is 3. The van der Waals surface area contributed by atoms with Crippen molar-refractivity contribution in [1.29, 1.82) is 0 Å². The summed E-state index contributed by atoms with van der Waals surface area (Å²) in [5, 5.41) is 6.25. The molecule has 17 aromatic carbocycles. The Morgan fingerprint density at radius 1 is 0.302 bits per heavy atom. The van der Waals surface area contributed by atoms with Crippen LogP contribution in [0.1, 0.15) is 52.7 Å². The molecule has 604 valence electrons. The van der Waals surface area contributed by atoms with Gasteiger partial charge in [-0.05, 0) is 231 Å². The molecule has 17 heteroatoms. The van der Waals surface area contributed by atoms with Crippen LogP contribution in [0.5, 0.6) is 23.0 Å². The van der Waals surface area contributed by atoms with E-state index in [0.717, 1.165) is 157 Å². The van der Waals surface area contributed by atoms with Gasteiger partial charge in [-0.2, -0.15) is 0 Å². The quantitative estimate of drug-likeness (QED) is 0.128. The zero-order valence-corrected chi connectivity index (χ0v) is 76.0. The van der Waals surface area contributed by atoms with Crippen molar-refractivity contribution in [3.8, 4) is 112 Å². The number of benzene rings is 17. The molecular formula is C112H87B10N3O3S. The molecule has 6 nitrogen and oxygen atoms in total. The number of nitrogens with zero attached hydrogens (tertiary/aromatic N) is 3. The van der Waals surface area contributed by atoms with Crippen LogP contribution in [-0.4, -0.2) is 85.3 Å². The SMILES string of the molecule is Bc1c(B)c(B)c2c(c1B)c1c(B)c(B)c(B)c(B)c1n2-c1ccc2c(c1)N(c1cc(-c3ccccc3)cc(-c3ccccc3)c1)c1cc(-c3cc4c5c(c3-c3ccccc3-c3ccccc3)Oc3ccccc3B5c3cc(-c5ccc6occ(-c7ccccc7)c6c5)ccc3O4)cc3c1B2c1ccc(-n2c4ccc(C(C)(C)C)cc4c4cc(C(C)(C)C)ccc42)cc1S3. The second kappa shape index (κ2) is 29.4. The average molecular weight is 1660 g/mol. The summed E-state index contributed by atoms with van der Waals surface area (Å²) in [6.45, 7) is 13.5. The number of ether oxygens (including phenoxy) is 2. The summed E-state index contributed by atoms with van der Waals surface area (Å²) < 4.78 is 27.1. The van der Waals surface area contributed by atoms with Gasteiger partial charge in [-0.3, -0.25) is 0 Å². The van der Waals surface area contributed by atoms with Gasteiger partial charge in [-0.25, -0.2) is 0 Å². The summed E-state index contributed by atoms with van der Waals surface area (Å²) in [6, 6.07) is 119. The summed E-state index contributed by atoms with van der Waals surface area (Å²) >= 11 is 1.90. The Morgan fingerprint density at radius 3 is 1.45 bits per heavy atom. The molecule has 0 saturated carbocycles. The monoisotopic (exact) mass is 1660 g/mol. The number of furan rings is 1. The van der Waals surface area contributed by atoms with Gasteiger partial charge >= 0.3 is 0 Å². The maximum Gasteiger partial charge on any atom is 0.260 e. The summed E-state index contributed by atoms with van der Waals surface area (Å²) in [6.07, 6.45) is 1.89. The minimum atomic E-state index is -0.284. The summed E-state index contributed by atoms with van der Waals surface area (Å²) in [7, 11) is 18.8. The van der Waals surface area contributed by atoms with Gasteiger partial charge in [-0.15, -0.1) is 10.9 Å². The molecule has 0 spiro atoms. The van der Waals surface area contributed by atoms with E-state index in [1.54, 1.807) is 0 Å². The molecule has 0 bridgehead atoms. The maximum atomic E-state index is 7.89. The van der Waals surface area contributed by atoms with E-state index in [4.69, 9.17) is 13.9 Å². The highest BCUT2D eigenvalue weighted by Crippen LogP contribution is 2.54. The Morgan fingerprint density at radius 2 is 0.829 bits per heavy atom. The third-order valence-electron chi connectivity index (χ3n) is 29.3. The van der Waals surface area contributed by atoms with Gasteiger partial charge in [0.05, 0.1) is 17.3 Å². The minimum absolute atomic E-state index is 0.0613. The Bertz CT molecular complexity index is 8030. The fourth-order valence-electron chi connectivity index (χ4n) is 21.9. The van der Waals surface area contributed by atoms with Crippen molar-refractivity contribution in [3.05, 3.63) is 333 Å². The fraction of sp³-hybridized carbons (Fsp3) is 0.0714. The van der Waals surface area contributed by atoms with Gasteiger partial charge in [0, 0.05) is 82.0 Å². The van der Waals surface area contributed by atoms with Crippen LogP contribution in [0.25, 0.3) is 144 Å². The number of hydrogen-bond donors (Lipinski definition) is 0. The molecule has 4 aliphatic heterocycles. The Labute approximate surface area is 765 Å². The molecule has 0 fully saturated rings. The van der Waals surface area contributed by atoms with Crippen molar-refractivity contribution in [1.82, 2.24) is 9.13 Å². The molecule has 0 atom stereocenters. The second-order valence-corrected chi connectivity index (χ2v) is 39.5. The van der Waals surface area contributed by atoms with E-state index < -0.39 is 0 Å². The van der Waals surface area contributed by atoms with Crippen LogP contribution in [0, 0.1) is 0 Å². The van der Waals surface area contributed by atoms with E-state index in [0.29, 0.717) is 0 Å². The lowest BCUT2D eigenvalue weighted by Gasteiger charge is -2.41. The van der Waals surface area contributed by atoms with Crippen LogP contribution in [0.4, 0.5) is 17.1 Å². The molecule has 4 aliphatic rings. The van der Waals surface area contributed by atoms with Crippen LogP contribution in [0.15, 0.2) is 336 Å². The van der Waals surface area contributed by atoms with Crippen LogP contribution in [0.3, 0.4) is 0 Å². The highest BCUT2D eigenvalue weighted by Gasteiger charge is 2.46. The molecular weight excluding hydrogens is 1580 g/mol. The molecule has 0 saturated heterocycles. The van der Waals surface area contributed by atoms with Gasteiger partial charge < -0.3 is 27.9 Å². The predicted molar refractivity (Wildman–Crippen MR) is 573 cm³/mol. The zero-order valence-electron chi connectivity index (χ0n) is 75.2. The van der Waals surface area contributed by atoms with Crippen LogP contribution in [-0.2, 0) is 10.8 Å². The number of hydrogen-bond acceptors (Lipinski definition) is 5. The smallest absolute Gasteiger partial charge is 0.260 e. The third kappa shape index (κ3) is 12.2. The minimum Gasteiger partial charge on any atom is -0.464 e. The first-order valence-corrected chi connectivity index (χ1v) is 46.2. The second-order valence-electron chi connectivity index (χ2n) is 38.4. The number of aromatic nitrogens is 2. The molecule has 7 heterocycles. The van der Waals surface area contributed by atoms with Crippen LogP contribution >= 0.6 is 11.8 Å². The molecule has 0 unspecified atom stereocenters.